The molecule has 0 aromatic heterocycles. The van der Waals surface area contributed by atoms with Crippen molar-refractivity contribution in [2.45, 2.75) is 33.2 Å². The third-order valence-electron chi connectivity index (χ3n) is 3.41. The van der Waals surface area contributed by atoms with Gasteiger partial charge in [-0.1, -0.05) is 13.0 Å². The van der Waals surface area contributed by atoms with E-state index < -0.39 is 0 Å². The van der Waals surface area contributed by atoms with Crippen LogP contribution in [0.2, 0.25) is 0 Å². The quantitative estimate of drug-likeness (QED) is 0.825. The second kappa shape index (κ2) is 4.46. The van der Waals surface area contributed by atoms with E-state index in [0.717, 1.165) is 18.2 Å². The van der Waals surface area contributed by atoms with Crippen LogP contribution < -0.4 is 10.1 Å². The van der Waals surface area contributed by atoms with E-state index >= 15 is 0 Å². The van der Waals surface area contributed by atoms with E-state index in [2.05, 4.69) is 38.2 Å². The molecule has 88 valence electrons. The smallest absolute Gasteiger partial charge is 0.124 e. The summed E-state index contributed by atoms with van der Waals surface area (Å²) in [4.78, 5) is 0. The molecule has 2 nitrogen and oxygen atoms in total. The summed E-state index contributed by atoms with van der Waals surface area (Å²) in [6.45, 7) is 7.70. The van der Waals surface area contributed by atoms with Gasteiger partial charge in [0.1, 0.15) is 5.75 Å². The van der Waals surface area contributed by atoms with Crippen molar-refractivity contribution in [1.82, 2.24) is 5.32 Å². The summed E-state index contributed by atoms with van der Waals surface area (Å²) in [5.41, 5.74) is 3.95. The number of benzene rings is 1. The van der Waals surface area contributed by atoms with E-state index in [1.807, 2.05) is 0 Å². The molecular formula is C14H21NO. The van der Waals surface area contributed by atoms with Gasteiger partial charge >= 0.3 is 0 Å². The maximum Gasteiger partial charge on any atom is 0.124 e. The first kappa shape index (κ1) is 11.5. The predicted octanol–water partition coefficient (Wildman–Crippen LogP) is 2.98. The molecule has 0 aliphatic carbocycles. The Balaban J connectivity index is 2.39. The van der Waals surface area contributed by atoms with Crippen LogP contribution in [0.25, 0.3) is 0 Å². The number of aryl methyl sites for hydroxylation is 2. The Hall–Kier alpha value is -1.02. The van der Waals surface area contributed by atoms with Crippen LogP contribution >= 0.6 is 0 Å². The third-order valence-corrected chi connectivity index (χ3v) is 3.41. The zero-order valence-corrected chi connectivity index (χ0v) is 10.6. The molecule has 0 bridgehead atoms. The van der Waals surface area contributed by atoms with Gasteiger partial charge in [0.2, 0.25) is 0 Å². The minimum Gasteiger partial charge on any atom is -0.496 e. The Morgan fingerprint density at radius 1 is 1.31 bits per heavy atom. The number of rotatable bonds is 2. The highest BCUT2D eigenvalue weighted by molar-refractivity contribution is 5.45. The highest BCUT2D eigenvalue weighted by Gasteiger charge is 2.26. The first-order valence-electron chi connectivity index (χ1n) is 6.00. The molecule has 0 saturated carbocycles. The highest BCUT2D eigenvalue weighted by atomic mass is 16.5. The average Bonchev–Trinajstić information content (AvgIpc) is 2.63. The van der Waals surface area contributed by atoms with E-state index in [1.54, 1.807) is 7.11 Å². The van der Waals surface area contributed by atoms with Crippen molar-refractivity contribution in [3.05, 3.63) is 28.8 Å². The van der Waals surface area contributed by atoms with Crippen molar-refractivity contribution in [2.75, 3.05) is 13.7 Å². The summed E-state index contributed by atoms with van der Waals surface area (Å²) in [5, 5.41) is 3.58. The lowest BCUT2D eigenvalue weighted by Gasteiger charge is -2.18. The molecule has 2 atom stereocenters. The van der Waals surface area contributed by atoms with Gasteiger partial charge in [-0.05, 0) is 49.9 Å². The molecule has 0 spiro atoms. The molecule has 1 aromatic carbocycles. The van der Waals surface area contributed by atoms with E-state index in [0.29, 0.717) is 6.04 Å². The van der Waals surface area contributed by atoms with Gasteiger partial charge in [0.15, 0.2) is 0 Å². The van der Waals surface area contributed by atoms with Crippen LogP contribution in [-0.2, 0) is 0 Å². The van der Waals surface area contributed by atoms with Gasteiger partial charge in [-0.3, -0.25) is 0 Å². The largest absolute Gasteiger partial charge is 0.496 e. The summed E-state index contributed by atoms with van der Waals surface area (Å²) < 4.78 is 5.51. The molecule has 2 heteroatoms. The lowest BCUT2D eigenvalue weighted by atomic mass is 9.95. The van der Waals surface area contributed by atoms with E-state index in [1.165, 1.54) is 23.1 Å². The zero-order valence-electron chi connectivity index (χ0n) is 10.6. The minimum absolute atomic E-state index is 0.463. The topological polar surface area (TPSA) is 21.3 Å². The minimum atomic E-state index is 0.463. The SMILES string of the molecule is COc1cc(C)cc(C)c1[C@H]1C[C@@H](C)CN1. The van der Waals surface area contributed by atoms with Gasteiger partial charge in [-0.2, -0.15) is 0 Å². The van der Waals surface area contributed by atoms with Crippen LogP contribution in [0.3, 0.4) is 0 Å². The predicted molar refractivity (Wildman–Crippen MR) is 67.0 cm³/mol. The Morgan fingerprint density at radius 2 is 2.06 bits per heavy atom. The van der Waals surface area contributed by atoms with Crippen LogP contribution in [-0.4, -0.2) is 13.7 Å². The molecule has 1 aliphatic rings. The molecule has 2 rings (SSSR count). The van der Waals surface area contributed by atoms with E-state index in [9.17, 15) is 0 Å². The number of nitrogens with one attached hydrogen (secondary N) is 1. The highest BCUT2D eigenvalue weighted by Crippen LogP contribution is 2.35. The molecule has 0 radical (unpaired) electrons. The standard InChI is InChI=1S/C14H21NO/c1-9-5-11(3)14(13(7-9)16-4)12-6-10(2)8-15-12/h5,7,10,12,15H,6,8H2,1-4H3/t10-,12-/m1/s1. The first-order valence-corrected chi connectivity index (χ1v) is 6.00. The van der Waals surface area contributed by atoms with Gasteiger partial charge in [0.25, 0.3) is 0 Å². The first-order chi connectivity index (χ1) is 7.61. The zero-order chi connectivity index (χ0) is 11.7. The van der Waals surface area contributed by atoms with Crippen LogP contribution in [0.15, 0.2) is 12.1 Å². The molecule has 1 aliphatic heterocycles. The van der Waals surface area contributed by atoms with Crippen molar-refractivity contribution < 1.29 is 4.74 Å². The Bertz CT molecular complexity index is 387. The van der Waals surface area contributed by atoms with Crippen LogP contribution in [0.1, 0.15) is 36.1 Å². The fraction of sp³-hybridized carbons (Fsp3) is 0.571. The summed E-state index contributed by atoms with van der Waals surface area (Å²) in [7, 11) is 1.76. The summed E-state index contributed by atoms with van der Waals surface area (Å²) >= 11 is 0. The molecule has 1 saturated heterocycles. The molecule has 0 unspecified atom stereocenters. The van der Waals surface area contributed by atoms with Gasteiger partial charge in [-0.25, -0.2) is 0 Å². The van der Waals surface area contributed by atoms with Gasteiger partial charge in [0, 0.05) is 11.6 Å². The molecule has 0 amide bonds. The molecule has 1 N–H and O–H groups in total. The second-order valence-electron chi connectivity index (χ2n) is 5.00. The van der Waals surface area contributed by atoms with Crippen molar-refractivity contribution >= 4 is 0 Å². The number of methoxy groups -OCH3 is 1. The average molecular weight is 219 g/mol. The van der Waals surface area contributed by atoms with Crippen molar-refractivity contribution in [1.29, 1.82) is 0 Å². The fourth-order valence-corrected chi connectivity index (χ4v) is 2.69. The summed E-state index contributed by atoms with van der Waals surface area (Å²) in [6, 6.07) is 4.83. The fourth-order valence-electron chi connectivity index (χ4n) is 2.69. The normalized spacial score (nSPS) is 24.8. The lowest BCUT2D eigenvalue weighted by Crippen LogP contribution is -2.15. The van der Waals surface area contributed by atoms with Gasteiger partial charge in [0.05, 0.1) is 7.11 Å². The Morgan fingerprint density at radius 3 is 2.62 bits per heavy atom. The molecule has 1 aromatic rings. The number of hydrogen-bond acceptors (Lipinski definition) is 2. The van der Waals surface area contributed by atoms with Crippen LogP contribution in [0.4, 0.5) is 0 Å². The molecular weight excluding hydrogens is 198 g/mol. The second-order valence-corrected chi connectivity index (χ2v) is 5.00. The molecule has 1 heterocycles. The monoisotopic (exact) mass is 219 g/mol. The molecule has 1 fully saturated rings. The van der Waals surface area contributed by atoms with Gasteiger partial charge < -0.3 is 10.1 Å². The van der Waals surface area contributed by atoms with Crippen LogP contribution in [0.5, 0.6) is 5.75 Å². The van der Waals surface area contributed by atoms with Gasteiger partial charge in [-0.15, -0.1) is 0 Å². The third kappa shape index (κ3) is 2.07. The van der Waals surface area contributed by atoms with E-state index in [-0.39, 0.29) is 0 Å². The van der Waals surface area contributed by atoms with Crippen LogP contribution in [0, 0.1) is 19.8 Å². The maximum absolute atomic E-state index is 5.51. The van der Waals surface area contributed by atoms with Crippen molar-refractivity contribution in [2.24, 2.45) is 5.92 Å². The Labute approximate surface area is 98.0 Å². The Kier molecular flexibility index (Phi) is 3.20. The maximum atomic E-state index is 5.51. The summed E-state index contributed by atoms with van der Waals surface area (Å²) in [5.74, 6) is 1.79. The van der Waals surface area contributed by atoms with E-state index in [4.69, 9.17) is 4.74 Å². The van der Waals surface area contributed by atoms with Crippen molar-refractivity contribution in [3.8, 4) is 5.75 Å². The lowest BCUT2D eigenvalue weighted by molar-refractivity contribution is 0.401. The number of ether oxygens (including phenoxy) is 1. The van der Waals surface area contributed by atoms with Crippen molar-refractivity contribution in [3.63, 3.8) is 0 Å². The number of hydrogen-bond donors (Lipinski definition) is 1. The molecule has 16 heavy (non-hydrogen) atoms. The summed E-state index contributed by atoms with van der Waals surface area (Å²) in [6.07, 6.45) is 1.21.